The minimum absolute atomic E-state index is 0.0255. The van der Waals surface area contributed by atoms with Gasteiger partial charge in [0.1, 0.15) is 6.29 Å². The predicted octanol–water partition coefficient (Wildman–Crippen LogP) is 2.95. The molecule has 1 atom stereocenters. The summed E-state index contributed by atoms with van der Waals surface area (Å²) in [6.45, 7) is 2.45. The third-order valence-electron chi connectivity index (χ3n) is 4.81. The van der Waals surface area contributed by atoms with Crippen molar-refractivity contribution >= 4 is 6.29 Å². The van der Waals surface area contributed by atoms with Gasteiger partial charge >= 0.3 is 0 Å². The summed E-state index contributed by atoms with van der Waals surface area (Å²) in [5, 5.41) is 0. The molecule has 1 aromatic carbocycles. The van der Waals surface area contributed by atoms with Gasteiger partial charge in [-0.25, -0.2) is 0 Å². The highest BCUT2D eigenvalue weighted by Gasteiger charge is 2.41. The van der Waals surface area contributed by atoms with Crippen LogP contribution in [0.1, 0.15) is 31.2 Å². The molecule has 22 heavy (non-hydrogen) atoms. The zero-order valence-corrected chi connectivity index (χ0v) is 12.9. The normalized spacial score (nSPS) is 22.7. The summed E-state index contributed by atoms with van der Waals surface area (Å²) in [5.74, 6) is 0.00336. The average molecular weight is 304 g/mol. The molecule has 1 aliphatic heterocycles. The van der Waals surface area contributed by atoms with Crippen molar-refractivity contribution in [3.05, 3.63) is 35.9 Å². The number of rotatable bonds is 6. The van der Waals surface area contributed by atoms with Crippen LogP contribution >= 0.6 is 0 Å². The van der Waals surface area contributed by atoms with Gasteiger partial charge in [-0.3, -0.25) is 0 Å². The molecule has 2 fully saturated rings. The van der Waals surface area contributed by atoms with E-state index < -0.39 is 0 Å². The van der Waals surface area contributed by atoms with Gasteiger partial charge in [0.05, 0.1) is 26.4 Å². The van der Waals surface area contributed by atoms with Crippen LogP contribution in [0.25, 0.3) is 0 Å². The Morgan fingerprint density at radius 1 is 1.18 bits per heavy atom. The Kier molecular flexibility index (Phi) is 5.24. The second kappa shape index (κ2) is 7.36. The molecule has 1 heterocycles. The first kappa shape index (κ1) is 15.7. The molecule has 2 aliphatic rings. The van der Waals surface area contributed by atoms with E-state index in [-0.39, 0.29) is 11.7 Å². The van der Waals surface area contributed by atoms with Crippen LogP contribution in [0.2, 0.25) is 0 Å². The van der Waals surface area contributed by atoms with Crippen molar-refractivity contribution in [2.24, 2.45) is 11.8 Å². The monoisotopic (exact) mass is 304 g/mol. The van der Waals surface area contributed by atoms with Crippen LogP contribution in [0.4, 0.5) is 0 Å². The summed E-state index contributed by atoms with van der Waals surface area (Å²) in [5.41, 5.74) is 1.14. The zero-order valence-electron chi connectivity index (χ0n) is 12.9. The van der Waals surface area contributed by atoms with E-state index in [1.807, 2.05) is 30.3 Å². The average Bonchev–Trinajstić information content (AvgIpc) is 3.02. The Morgan fingerprint density at radius 2 is 1.86 bits per heavy atom. The molecule has 0 radical (unpaired) electrons. The number of benzene rings is 1. The van der Waals surface area contributed by atoms with Crippen LogP contribution in [0.3, 0.4) is 0 Å². The van der Waals surface area contributed by atoms with Crippen LogP contribution < -0.4 is 0 Å². The van der Waals surface area contributed by atoms with E-state index in [2.05, 4.69) is 0 Å². The van der Waals surface area contributed by atoms with Crippen molar-refractivity contribution in [2.45, 2.75) is 38.1 Å². The molecule has 3 rings (SSSR count). The Bertz CT molecular complexity index is 457. The highest BCUT2D eigenvalue weighted by molar-refractivity contribution is 5.54. The largest absolute Gasteiger partial charge is 0.376 e. The lowest BCUT2D eigenvalue weighted by Crippen LogP contribution is -2.38. The standard InChI is InChI=1S/C18H24O4/c19-12-17(14-20-13-15-4-2-1-3-5-15)16-6-8-18(9-7-16)21-10-11-22-18/h1-5,12,16-17H,6-11,13-14H2. The number of ether oxygens (including phenoxy) is 3. The molecule has 1 saturated carbocycles. The van der Waals surface area contributed by atoms with Crippen LogP contribution in [0.5, 0.6) is 0 Å². The number of hydrogen-bond donors (Lipinski definition) is 0. The Labute approximate surface area is 131 Å². The quantitative estimate of drug-likeness (QED) is 0.758. The maximum atomic E-state index is 11.4. The summed E-state index contributed by atoms with van der Waals surface area (Å²) in [7, 11) is 0. The van der Waals surface area contributed by atoms with E-state index in [1.54, 1.807) is 0 Å². The first-order chi connectivity index (χ1) is 10.8. The van der Waals surface area contributed by atoms with Crippen LogP contribution in [-0.4, -0.2) is 31.9 Å². The molecule has 1 aliphatic carbocycles. The minimum Gasteiger partial charge on any atom is -0.376 e. The topological polar surface area (TPSA) is 44.8 Å². The molecular weight excluding hydrogens is 280 g/mol. The van der Waals surface area contributed by atoms with Crippen molar-refractivity contribution in [2.75, 3.05) is 19.8 Å². The first-order valence-corrected chi connectivity index (χ1v) is 8.16. The number of hydrogen-bond acceptors (Lipinski definition) is 4. The molecule has 0 amide bonds. The zero-order chi connectivity index (χ0) is 15.3. The fraction of sp³-hybridized carbons (Fsp3) is 0.611. The molecule has 1 saturated heterocycles. The van der Waals surface area contributed by atoms with E-state index in [4.69, 9.17) is 14.2 Å². The maximum absolute atomic E-state index is 11.4. The fourth-order valence-corrected chi connectivity index (χ4v) is 3.47. The Morgan fingerprint density at radius 3 is 2.50 bits per heavy atom. The molecule has 4 heteroatoms. The molecule has 4 nitrogen and oxygen atoms in total. The number of aldehydes is 1. The molecule has 1 unspecified atom stereocenters. The van der Waals surface area contributed by atoms with Crippen LogP contribution in [0, 0.1) is 11.8 Å². The van der Waals surface area contributed by atoms with Gasteiger partial charge in [-0.1, -0.05) is 30.3 Å². The number of carbonyl (C=O) groups excluding carboxylic acids is 1. The van der Waals surface area contributed by atoms with Gasteiger partial charge in [0.2, 0.25) is 0 Å². The lowest BCUT2D eigenvalue weighted by molar-refractivity contribution is -0.185. The van der Waals surface area contributed by atoms with Gasteiger partial charge in [-0.2, -0.15) is 0 Å². The van der Waals surface area contributed by atoms with Crippen molar-refractivity contribution < 1.29 is 19.0 Å². The van der Waals surface area contributed by atoms with Crippen molar-refractivity contribution in [1.82, 2.24) is 0 Å². The molecule has 120 valence electrons. The van der Waals surface area contributed by atoms with E-state index in [1.165, 1.54) is 0 Å². The van der Waals surface area contributed by atoms with E-state index >= 15 is 0 Å². The smallest absolute Gasteiger partial charge is 0.168 e. The SMILES string of the molecule is O=CC(COCc1ccccc1)C1CCC2(CC1)OCCO2. The number of carbonyl (C=O) groups is 1. The van der Waals surface area contributed by atoms with Crippen molar-refractivity contribution in [3.63, 3.8) is 0 Å². The van der Waals surface area contributed by atoms with Crippen molar-refractivity contribution in [1.29, 1.82) is 0 Å². The third-order valence-corrected chi connectivity index (χ3v) is 4.81. The lowest BCUT2D eigenvalue weighted by atomic mass is 9.78. The van der Waals surface area contributed by atoms with E-state index in [0.29, 0.717) is 32.3 Å². The molecule has 1 spiro atoms. The van der Waals surface area contributed by atoms with Crippen molar-refractivity contribution in [3.8, 4) is 0 Å². The predicted molar refractivity (Wildman–Crippen MR) is 82.2 cm³/mol. The molecule has 0 aromatic heterocycles. The second-order valence-electron chi connectivity index (χ2n) is 6.25. The molecular formula is C18H24O4. The van der Waals surface area contributed by atoms with Gasteiger partial charge < -0.3 is 19.0 Å². The van der Waals surface area contributed by atoms with E-state index in [0.717, 1.165) is 37.5 Å². The Balaban J connectivity index is 1.45. The lowest BCUT2D eigenvalue weighted by Gasteiger charge is -2.37. The fourth-order valence-electron chi connectivity index (χ4n) is 3.47. The highest BCUT2D eigenvalue weighted by atomic mass is 16.7. The van der Waals surface area contributed by atoms with Gasteiger partial charge in [0, 0.05) is 18.8 Å². The Hall–Kier alpha value is -1.23. The molecule has 1 aromatic rings. The summed E-state index contributed by atoms with van der Waals surface area (Å²) in [6, 6.07) is 10.1. The van der Waals surface area contributed by atoms with Gasteiger partial charge in [-0.05, 0) is 24.3 Å². The summed E-state index contributed by atoms with van der Waals surface area (Å²) >= 11 is 0. The summed E-state index contributed by atoms with van der Waals surface area (Å²) in [6.07, 6.45) is 4.78. The third kappa shape index (κ3) is 3.75. The molecule has 0 N–H and O–H groups in total. The van der Waals surface area contributed by atoms with Crippen LogP contribution in [0.15, 0.2) is 30.3 Å². The van der Waals surface area contributed by atoms with Gasteiger partial charge in [0.15, 0.2) is 5.79 Å². The van der Waals surface area contributed by atoms with Gasteiger partial charge in [0.25, 0.3) is 0 Å². The highest BCUT2D eigenvalue weighted by Crippen LogP contribution is 2.40. The van der Waals surface area contributed by atoms with Gasteiger partial charge in [-0.15, -0.1) is 0 Å². The minimum atomic E-state index is -0.352. The summed E-state index contributed by atoms with van der Waals surface area (Å²) in [4.78, 5) is 11.4. The molecule has 0 bridgehead atoms. The van der Waals surface area contributed by atoms with E-state index in [9.17, 15) is 4.79 Å². The summed E-state index contributed by atoms with van der Waals surface area (Å²) < 4.78 is 17.2. The first-order valence-electron chi connectivity index (χ1n) is 8.16. The maximum Gasteiger partial charge on any atom is 0.168 e. The second-order valence-corrected chi connectivity index (χ2v) is 6.25. The van der Waals surface area contributed by atoms with Crippen LogP contribution in [-0.2, 0) is 25.6 Å².